The van der Waals surface area contributed by atoms with Crippen LogP contribution >= 0.6 is 11.8 Å². The average molecular weight is 473 g/mol. The van der Waals surface area contributed by atoms with Gasteiger partial charge in [-0.1, -0.05) is 48.2 Å². The van der Waals surface area contributed by atoms with Crippen molar-refractivity contribution in [3.05, 3.63) is 107 Å². The first-order chi connectivity index (χ1) is 16.6. The van der Waals surface area contributed by atoms with E-state index in [-0.39, 0.29) is 23.0 Å². The maximum atomic E-state index is 12.4. The zero-order valence-corrected chi connectivity index (χ0v) is 18.8. The van der Waals surface area contributed by atoms with E-state index < -0.39 is 11.7 Å². The Bertz CT molecular complexity index is 1240. The number of carbonyl (C=O) groups excluding carboxylic acids is 3. The minimum absolute atomic E-state index is 0.0892. The fourth-order valence-corrected chi connectivity index (χ4v) is 3.76. The van der Waals surface area contributed by atoms with E-state index in [2.05, 4.69) is 10.3 Å². The second kappa shape index (κ2) is 11.1. The Labute approximate surface area is 200 Å². The summed E-state index contributed by atoms with van der Waals surface area (Å²) in [5.74, 6) is -0.255. The van der Waals surface area contributed by atoms with Crippen molar-refractivity contribution in [3.63, 3.8) is 0 Å². The van der Waals surface area contributed by atoms with Crippen LogP contribution in [0.25, 0.3) is 0 Å². The molecule has 4 rings (SSSR count). The first-order valence-electron chi connectivity index (χ1n) is 10.4. The number of hydrogen-bond acceptors (Lipinski definition) is 7. The van der Waals surface area contributed by atoms with Crippen molar-refractivity contribution < 1.29 is 23.9 Å². The zero-order chi connectivity index (χ0) is 23.8. The van der Waals surface area contributed by atoms with Crippen LogP contribution in [0.3, 0.4) is 0 Å². The van der Waals surface area contributed by atoms with Gasteiger partial charge in [-0.05, 0) is 42.0 Å². The van der Waals surface area contributed by atoms with Gasteiger partial charge in [0.2, 0.25) is 5.78 Å². The standard InChI is InChI=1S/C26H20N2O5S/c29-22-15-24(34-26-8-4-5-13-27-26)23(30)14-21(22)28-25(31)17-33-20-11-9-19(10-12-20)32-16-18-6-2-1-3-7-18/h1-15H,16-17H2,(H,28,31). The smallest absolute Gasteiger partial charge is 0.262 e. The molecule has 1 amide bonds. The molecule has 170 valence electrons. The van der Waals surface area contributed by atoms with Gasteiger partial charge in [-0.15, -0.1) is 0 Å². The Morgan fingerprint density at radius 2 is 1.53 bits per heavy atom. The molecule has 34 heavy (non-hydrogen) atoms. The van der Waals surface area contributed by atoms with E-state index in [0.29, 0.717) is 23.1 Å². The molecule has 1 aliphatic carbocycles. The van der Waals surface area contributed by atoms with Gasteiger partial charge in [-0.2, -0.15) is 0 Å². The summed E-state index contributed by atoms with van der Waals surface area (Å²) >= 11 is 1.10. The second-order valence-corrected chi connectivity index (χ2v) is 8.21. The fraction of sp³-hybridized carbons (Fsp3) is 0.0769. The molecular formula is C26H20N2O5S. The van der Waals surface area contributed by atoms with Crippen molar-refractivity contribution in [2.24, 2.45) is 0 Å². The molecular weight excluding hydrogens is 452 g/mol. The van der Waals surface area contributed by atoms with Gasteiger partial charge in [0.25, 0.3) is 5.91 Å². The van der Waals surface area contributed by atoms with Crippen LogP contribution in [0, 0.1) is 0 Å². The third-order valence-electron chi connectivity index (χ3n) is 4.61. The van der Waals surface area contributed by atoms with Gasteiger partial charge in [-0.3, -0.25) is 14.4 Å². The van der Waals surface area contributed by atoms with E-state index >= 15 is 0 Å². The number of amides is 1. The summed E-state index contributed by atoms with van der Waals surface area (Å²) in [4.78, 5) is 41.3. The molecule has 0 atom stereocenters. The molecule has 1 aliphatic rings. The molecule has 0 unspecified atom stereocenters. The van der Waals surface area contributed by atoms with Crippen molar-refractivity contribution in [2.45, 2.75) is 11.6 Å². The van der Waals surface area contributed by atoms with E-state index in [1.54, 1.807) is 48.7 Å². The van der Waals surface area contributed by atoms with E-state index in [9.17, 15) is 14.4 Å². The molecule has 0 aliphatic heterocycles. The lowest BCUT2D eigenvalue weighted by atomic mass is 10.1. The molecule has 2 aromatic carbocycles. The average Bonchev–Trinajstić information content (AvgIpc) is 2.86. The SMILES string of the molecule is O=C(COc1ccc(OCc2ccccc2)cc1)NC1=CC(=O)C(Sc2ccccn2)=CC1=O. The van der Waals surface area contributed by atoms with E-state index in [0.717, 1.165) is 23.4 Å². The van der Waals surface area contributed by atoms with E-state index in [1.165, 1.54) is 6.08 Å². The molecule has 7 nitrogen and oxygen atoms in total. The number of allylic oxidation sites excluding steroid dienone is 3. The Hall–Kier alpha value is -4.17. The summed E-state index contributed by atoms with van der Waals surface area (Å²) in [6.45, 7) is 0.129. The largest absolute Gasteiger partial charge is 0.489 e. The lowest BCUT2D eigenvalue weighted by molar-refractivity contribution is -0.124. The number of carbonyl (C=O) groups is 3. The highest BCUT2D eigenvalue weighted by Crippen LogP contribution is 2.28. The quantitative estimate of drug-likeness (QED) is 0.473. The van der Waals surface area contributed by atoms with Gasteiger partial charge >= 0.3 is 0 Å². The topological polar surface area (TPSA) is 94.6 Å². The zero-order valence-electron chi connectivity index (χ0n) is 18.0. The maximum absolute atomic E-state index is 12.4. The van der Waals surface area contributed by atoms with Crippen LogP contribution in [0.5, 0.6) is 11.5 Å². The van der Waals surface area contributed by atoms with Crippen LogP contribution in [0.15, 0.2) is 107 Å². The van der Waals surface area contributed by atoms with Crippen LogP contribution in [0.1, 0.15) is 5.56 Å². The van der Waals surface area contributed by atoms with E-state index in [1.807, 2.05) is 30.3 Å². The van der Waals surface area contributed by atoms with Crippen molar-refractivity contribution in [2.75, 3.05) is 6.61 Å². The number of nitrogens with one attached hydrogen (secondary N) is 1. The Balaban J connectivity index is 1.25. The minimum atomic E-state index is -0.550. The number of rotatable bonds is 9. The monoisotopic (exact) mass is 472 g/mol. The predicted molar refractivity (Wildman–Crippen MR) is 127 cm³/mol. The van der Waals surface area contributed by atoms with Crippen LogP contribution in [0.2, 0.25) is 0 Å². The summed E-state index contributed by atoms with van der Waals surface area (Å²) < 4.78 is 11.2. The van der Waals surface area contributed by atoms with Gasteiger partial charge < -0.3 is 14.8 Å². The molecule has 0 radical (unpaired) electrons. The lowest BCUT2D eigenvalue weighted by Gasteiger charge is -2.13. The van der Waals surface area contributed by atoms with Gasteiger partial charge in [0, 0.05) is 18.3 Å². The first kappa shape index (κ1) is 23.0. The molecule has 0 spiro atoms. The Morgan fingerprint density at radius 3 is 2.24 bits per heavy atom. The molecule has 3 aromatic rings. The van der Waals surface area contributed by atoms with Crippen molar-refractivity contribution in [1.29, 1.82) is 0 Å². The summed E-state index contributed by atoms with van der Waals surface area (Å²) in [5, 5.41) is 3.03. The minimum Gasteiger partial charge on any atom is -0.489 e. The predicted octanol–water partition coefficient (Wildman–Crippen LogP) is 3.87. The van der Waals surface area contributed by atoms with Crippen molar-refractivity contribution in [3.8, 4) is 11.5 Å². The number of aromatic nitrogens is 1. The molecule has 0 bridgehead atoms. The summed E-state index contributed by atoms with van der Waals surface area (Å²) in [5.41, 5.74) is 0.968. The van der Waals surface area contributed by atoms with Crippen LogP contribution in [0.4, 0.5) is 0 Å². The van der Waals surface area contributed by atoms with Gasteiger partial charge in [0.15, 0.2) is 12.4 Å². The molecule has 0 saturated heterocycles. The third-order valence-corrected chi connectivity index (χ3v) is 5.60. The highest BCUT2D eigenvalue weighted by molar-refractivity contribution is 8.04. The Morgan fingerprint density at radius 1 is 0.824 bits per heavy atom. The number of nitrogens with zero attached hydrogens (tertiary/aromatic N) is 1. The molecule has 0 fully saturated rings. The second-order valence-electron chi connectivity index (χ2n) is 7.15. The Kier molecular flexibility index (Phi) is 7.52. The number of hydrogen-bond donors (Lipinski definition) is 1. The van der Waals surface area contributed by atoms with Gasteiger partial charge in [-0.25, -0.2) is 4.98 Å². The first-order valence-corrected chi connectivity index (χ1v) is 11.2. The number of benzene rings is 2. The lowest BCUT2D eigenvalue weighted by Crippen LogP contribution is -2.33. The van der Waals surface area contributed by atoms with Gasteiger partial charge in [0.1, 0.15) is 23.1 Å². The fourth-order valence-electron chi connectivity index (χ4n) is 2.95. The summed E-state index contributed by atoms with van der Waals surface area (Å²) in [6.07, 6.45) is 3.92. The van der Waals surface area contributed by atoms with Crippen molar-refractivity contribution in [1.82, 2.24) is 10.3 Å². The molecule has 1 heterocycles. The number of pyridine rings is 1. The highest BCUT2D eigenvalue weighted by Gasteiger charge is 2.23. The molecule has 1 aromatic heterocycles. The molecule has 0 saturated carbocycles. The van der Waals surface area contributed by atoms with Crippen LogP contribution in [-0.2, 0) is 21.0 Å². The van der Waals surface area contributed by atoms with Crippen molar-refractivity contribution >= 4 is 29.2 Å². The van der Waals surface area contributed by atoms with E-state index in [4.69, 9.17) is 9.47 Å². The maximum Gasteiger partial charge on any atom is 0.262 e. The third kappa shape index (κ3) is 6.43. The highest BCUT2D eigenvalue weighted by atomic mass is 32.2. The van der Waals surface area contributed by atoms with Crippen LogP contribution < -0.4 is 14.8 Å². The number of ketones is 2. The number of thioether (sulfide) groups is 1. The molecule has 8 heteroatoms. The van der Waals surface area contributed by atoms with Crippen LogP contribution in [-0.4, -0.2) is 29.1 Å². The normalized spacial score (nSPS) is 13.1. The summed E-state index contributed by atoms with van der Waals surface area (Å²) in [7, 11) is 0. The summed E-state index contributed by atoms with van der Waals surface area (Å²) in [6, 6.07) is 21.9. The molecule has 1 N–H and O–H groups in total. The van der Waals surface area contributed by atoms with Gasteiger partial charge in [0.05, 0.1) is 10.6 Å². The number of ether oxygens (including phenoxy) is 2.